The second-order valence-corrected chi connectivity index (χ2v) is 9.41. The maximum absolute atomic E-state index is 16.2. The van der Waals surface area contributed by atoms with Crippen molar-refractivity contribution in [3.05, 3.63) is 78.0 Å². The number of nitrogens with one attached hydrogen (secondary N) is 2. The molecule has 1 aliphatic heterocycles. The van der Waals surface area contributed by atoms with Crippen LogP contribution in [0.25, 0.3) is 11.4 Å². The summed E-state index contributed by atoms with van der Waals surface area (Å²) in [6.45, 7) is 1.47. The van der Waals surface area contributed by atoms with Crippen LogP contribution in [0.3, 0.4) is 0 Å². The molecule has 0 aliphatic carbocycles. The van der Waals surface area contributed by atoms with Gasteiger partial charge in [0, 0.05) is 51.1 Å². The van der Waals surface area contributed by atoms with E-state index in [4.69, 9.17) is 4.74 Å². The molecule has 10 nitrogen and oxygen atoms in total. The van der Waals surface area contributed by atoms with Gasteiger partial charge in [0.2, 0.25) is 11.8 Å². The van der Waals surface area contributed by atoms with Gasteiger partial charge in [-0.2, -0.15) is 18.2 Å². The van der Waals surface area contributed by atoms with Gasteiger partial charge in [0.15, 0.2) is 11.6 Å². The summed E-state index contributed by atoms with van der Waals surface area (Å²) in [7, 11) is 3.45. The van der Waals surface area contributed by atoms with Crippen LogP contribution in [0.15, 0.2) is 61.1 Å². The molecule has 0 radical (unpaired) electrons. The number of hydrogen-bond acceptors (Lipinski definition) is 9. The standard InChI is InChI=1S/C28H26F4N8O2/c1-33-27-36-16-35-24(38-27)18-9-6-10-34-26(18)42-20-15-19(37-25(41)17-7-4-3-5-8-17)23(22(29)21(20)28(30,31)32)40-13-11-39(2)12-14-40/h3-10,15-16H,11-14H2,1-2H3,(H,37,41)(H,33,35,36,38). The number of nitrogens with zero attached hydrogens (tertiary/aromatic N) is 6. The summed E-state index contributed by atoms with van der Waals surface area (Å²) in [6.07, 6.45) is -2.63. The van der Waals surface area contributed by atoms with Crippen LogP contribution in [0.1, 0.15) is 15.9 Å². The first-order valence-corrected chi connectivity index (χ1v) is 12.9. The van der Waals surface area contributed by atoms with Gasteiger partial charge < -0.3 is 25.2 Å². The third-order valence-corrected chi connectivity index (χ3v) is 6.61. The van der Waals surface area contributed by atoms with Crippen LogP contribution >= 0.6 is 0 Å². The number of carbonyl (C=O) groups excluding carboxylic acids is 1. The van der Waals surface area contributed by atoms with E-state index in [0.717, 1.165) is 6.07 Å². The molecule has 2 aromatic carbocycles. The zero-order chi connectivity index (χ0) is 29.9. The van der Waals surface area contributed by atoms with Crippen molar-refractivity contribution in [2.45, 2.75) is 6.18 Å². The number of benzene rings is 2. The first kappa shape index (κ1) is 28.7. The van der Waals surface area contributed by atoms with Crippen molar-refractivity contribution >= 4 is 23.2 Å². The third kappa shape index (κ3) is 6.07. The Balaban J connectivity index is 1.65. The molecule has 4 aromatic rings. The Morgan fingerprint density at radius 1 is 1.00 bits per heavy atom. The molecule has 0 atom stereocenters. The van der Waals surface area contributed by atoms with Gasteiger partial charge in [0.05, 0.1) is 16.9 Å². The summed E-state index contributed by atoms with van der Waals surface area (Å²) in [5.74, 6) is -3.10. The fraction of sp³-hybridized carbons (Fsp3) is 0.250. The number of piperazine rings is 1. The Labute approximate surface area is 238 Å². The van der Waals surface area contributed by atoms with E-state index in [-0.39, 0.29) is 53.2 Å². The molecule has 14 heteroatoms. The van der Waals surface area contributed by atoms with Crippen molar-refractivity contribution in [3.63, 3.8) is 0 Å². The van der Waals surface area contributed by atoms with Gasteiger partial charge in [-0.3, -0.25) is 4.79 Å². The van der Waals surface area contributed by atoms with Crippen molar-refractivity contribution in [1.29, 1.82) is 0 Å². The molecule has 1 saturated heterocycles. The highest BCUT2D eigenvalue weighted by molar-refractivity contribution is 6.06. The molecule has 2 aromatic heterocycles. The van der Waals surface area contributed by atoms with Gasteiger partial charge in [-0.05, 0) is 31.3 Å². The maximum Gasteiger partial charge on any atom is 0.422 e. The summed E-state index contributed by atoms with van der Waals surface area (Å²) < 4.78 is 65.4. The topological polar surface area (TPSA) is 108 Å². The van der Waals surface area contributed by atoms with E-state index in [1.165, 1.54) is 41.7 Å². The van der Waals surface area contributed by atoms with Crippen LogP contribution in [-0.4, -0.2) is 71.0 Å². The van der Waals surface area contributed by atoms with Gasteiger partial charge in [0.1, 0.15) is 17.6 Å². The lowest BCUT2D eigenvalue weighted by atomic mass is 10.1. The molecule has 0 unspecified atom stereocenters. The first-order valence-electron chi connectivity index (χ1n) is 12.9. The van der Waals surface area contributed by atoms with E-state index in [1.54, 1.807) is 25.2 Å². The molecule has 0 saturated carbocycles. The van der Waals surface area contributed by atoms with Gasteiger partial charge >= 0.3 is 6.18 Å². The predicted octanol–water partition coefficient (Wildman–Crippen LogP) is 4.93. The third-order valence-electron chi connectivity index (χ3n) is 6.61. The van der Waals surface area contributed by atoms with Crippen molar-refractivity contribution < 1.29 is 27.1 Å². The van der Waals surface area contributed by atoms with Crippen molar-refractivity contribution in [2.24, 2.45) is 0 Å². The highest BCUT2D eigenvalue weighted by Crippen LogP contribution is 2.47. The summed E-state index contributed by atoms with van der Waals surface area (Å²) >= 11 is 0. The van der Waals surface area contributed by atoms with Gasteiger partial charge in [-0.1, -0.05) is 18.2 Å². The summed E-state index contributed by atoms with van der Waals surface area (Å²) in [6, 6.07) is 12.1. The maximum atomic E-state index is 16.2. The molecule has 0 spiro atoms. The number of hydrogen-bond donors (Lipinski definition) is 2. The number of halogens is 4. The molecule has 218 valence electrons. The van der Waals surface area contributed by atoms with Crippen LogP contribution in [0, 0.1) is 5.82 Å². The molecule has 1 aliphatic rings. The van der Waals surface area contributed by atoms with E-state index in [1.807, 2.05) is 11.9 Å². The number of pyridine rings is 1. The number of aromatic nitrogens is 4. The van der Waals surface area contributed by atoms with E-state index in [9.17, 15) is 18.0 Å². The number of amides is 1. The van der Waals surface area contributed by atoms with E-state index >= 15 is 4.39 Å². The largest absolute Gasteiger partial charge is 0.437 e. The molecule has 42 heavy (non-hydrogen) atoms. The second-order valence-electron chi connectivity index (χ2n) is 9.41. The van der Waals surface area contributed by atoms with Gasteiger partial charge in [0.25, 0.3) is 5.91 Å². The van der Waals surface area contributed by atoms with Gasteiger partial charge in [-0.15, -0.1) is 0 Å². The van der Waals surface area contributed by atoms with Crippen molar-refractivity contribution in [2.75, 3.05) is 55.8 Å². The number of anilines is 3. The molecular weight excluding hydrogens is 556 g/mol. The highest BCUT2D eigenvalue weighted by atomic mass is 19.4. The van der Waals surface area contributed by atoms with Crippen molar-refractivity contribution in [3.8, 4) is 23.0 Å². The number of alkyl halides is 3. The minimum atomic E-state index is -5.15. The van der Waals surface area contributed by atoms with Crippen molar-refractivity contribution in [1.82, 2.24) is 24.8 Å². The summed E-state index contributed by atoms with van der Waals surface area (Å²) in [5.41, 5.74) is -1.79. The normalized spacial score (nSPS) is 14.0. The molecule has 3 heterocycles. The van der Waals surface area contributed by atoms with E-state index < -0.39 is 29.2 Å². The zero-order valence-electron chi connectivity index (χ0n) is 22.6. The number of likely N-dealkylation sites (N-methyl/N-ethyl adjacent to an activating group) is 1. The number of carbonyl (C=O) groups is 1. The SMILES string of the molecule is CNc1ncnc(-c2cccnc2Oc2cc(NC(=O)c3ccccc3)c(N3CCN(C)CC3)c(F)c2C(F)(F)F)n1. The Hall–Kier alpha value is -4.85. The van der Waals surface area contributed by atoms with Crippen LogP contribution in [0.4, 0.5) is 34.9 Å². The molecule has 2 N–H and O–H groups in total. The van der Waals surface area contributed by atoms with Crippen LogP contribution in [0.5, 0.6) is 11.6 Å². The lowest BCUT2D eigenvalue weighted by Crippen LogP contribution is -2.45. The Morgan fingerprint density at radius 2 is 1.74 bits per heavy atom. The molecule has 1 amide bonds. The van der Waals surface area contributed by atoms with E-state index in [0.29, 0.717) is 13.1 Å². The fourth-order valence-corrected chi connectivity index (χ4v) is 4.47. The predicted molar refractivity (Wildman–Crippen MR) is 148 cm³/mol. The number of ether oxygens (including phenoxy) is 1. The lowest BCUT2D eigenvalue weighted by molar-refractivity contribution is -0.140. The minimum Gasteiger partial charge on any atom is -0.437 e. The summed E-state index contributed by atoms with van der Waals surface area (Å²) in [4.78, 5) is 32.9. The number of rotatable bonds is 7. The Kier molecular flexibility index (Phi) is 8.15. The minimum absolute atomic E-state index is 0.0677. The zero-order valence-corrected chi connectivity index (χ0v) is 22.6. The molecule has 0 bridgehead atoms. The Bertz CT molecular complexity index is 1580. The monoisotopic (exact) mass is 582 g/mol. The van der Waals surface area contributed by atoms with Gasteiger partial charge in [-0.25, -0.2) is 19.3 Å². The highest BCUT2D eigenvalue weighted by Gasteiger charge is 2.42. The van der Waals surface area contributed by atoms with E-state index in [2.05, 4.69) is 30.6 Å². The molecule has 1 fully saturated rings. The van der Waals surface area contributed by atoms with Crippen LogP contribution in [-0.2, 0) is 6.18 Å². The van der Waals surface area contributed by atoms with Crippen LogP contribution < -0.4 is 20.3 Å². The van der Waals surface area contributed by atoms with Crippen LogP contribution in [0.2, 0.25) is 0 Å². The average Bonchev–Trinajstić information content (AvgIpc) is 2.98. The fourth-order valence-electron chi connectivity index (χ4n) is 4.47. The first-order chi connectivity index (χ1) is 20.2. The Morgan fingerprint density at radius 3 is 2.43 bits per heavy atom. The molecule has 5 rings (SSSR count). The lowest BCUT2D eigenvalue weighted by Gasteiger charge is -2.36. The average molecular weight is 583 g/mol. The quantitative estimate of drug-likeness (QED) is 0.293. The smallest absolute Gasteiger partial charge is 0.422 e. The summed E-state index contributed by atoms with van der Waals surface area (Å²) in [5, 5.41) is 5.35. The molecular formula is C28H26F4N8O2. The second kappa shape index (κ2) is 11.9.